The lowest BCUT2D eigenvalue weighted by molar-refractivity contribution is -1.09. The molecule has 6 nitrogen and oxygen atoms in total. The van der Waals surface area contributed by atoms with Crippen LogP contribution in [0.25, 0.3) is 0 Å². The molecule has 2 aromatic rings. The van der Waals surface area contributed by atoms with E-state index in [4.69, 9.17) is 21.1 Å². The molecule has 1 unspecified atom stereocenters. The van der Waals surface area contributed by atoms with Crippen LogP contribution in [-0.2, 0) is 4.79 Å². The number of halogens is 1. The summed E-state index contributed by atoms with van der Waals surface area (Å²) in [6.07, 6.45) is 2.90. The zero-order valence-corrected chi connectivity index (χ0v) is 19.4. The van der Waals surface area contributed by atoms with Crippen molar-refractivity contribution in [1.29, 1.82) is 0 Å². The molecule has 0 aliphatic carbocycles. The summed E-state index contributed by atoms with van der Waals surface area (Å²) in [5.74, 6) is 1.37. The highest BCUT2D eigenvalue weighted by molar-refractivity contribution is 8.00. The van der Waals surface area contributed by atoms with Gasteiger partial charge in [-0.2, -0.15) is 4.65 Å². The second kappa shape index (κ2) is 9.28. The Hall–Kier alpha value is -1.93. The average molecular weight is 464 g/mol. The second-order valence-corrected chi connectivity index (χ2v) is 9.61. The topological polar surface area (TPSA) is 59.0 Å². The number of benzene rings is 2. The summed E-state index contributed by atoms with van der Waals surface area (Å²) >= 11 is 7.76. The summed E-state index contributed by atoms with van der Waals surface area (Å²) in [5.41, 5.74) is 1.72. The van der Waals surface area contributed by atoms with Gasteiger partial charge >= 0.3 is 0 Å². The minimum Gasteiger partial charge on any atom is -0.497 e. The fourth-order valence-corrected chi connectivity index (χ4v) is 5.92. The van der Waals surface area contributed by atoms with Gasteiger partial charge in [0, 0.05) is 41.7 Å². The highest BCUT2D eigenvalue weighted by Crippen LogP contribution is 2.54. The fourth-order valence-electron chi connectivity index (χ4n) is 4.28. The Balaban J connectivity index is 1.56. The van der Waals surface area contributed by atoms with Crippen molar-refractivity contribution < 1.29 is 24.1 Å². The molecule has 0 spiro atoms. The van der Waals surface area contributed by atoms with Crippen LogP contribution in [0.3, 0.4) is 0 Å². The van der Waals surface area contributed by atoms with Gasteiger partial charge in [0.2, 0.25) is 5.91 Å². The highest BCUT2D eigenvalue weighted by atomic mass is 35.5. The number of anilines is 1. The summed E-state index contributed by atoms with van der Waals surface area (Å²) in [4.78, 5) is 15.3. The molecule has 0 bridgehead atoms. The first-order chi connectivity index (χ1) is 14.9. The number of thioether (sulfide) groups is 1. The molecule has 4 rings (SSSR count). The first kappa shape index (κ1) is 22.3. The van der Waals surface area contributed by atoms with Gasteiger partial charge in [0.1, 0.15) is 36.5 Å². The van der Waals surface area contributed by atoms with Crippen molar-refractivity contribution in [2.24, 2.45) is 0 Å². The lowest BCUT2D eigenvalue weighted by Crippen LogP contribution is -2.42. The summed E-state index contributed by atoms with van der Waals surface area (Å²) in [7, 11) is 1.62. The standard InChI is InChI=1S/C23H28ClN2O4S/c1-16(27)25-20-8-6-17(24)14-22(20)31-23(25)19-15-18(29-2)7-9-21(19)30-13-5-12-26(28)10-3-4-11-26/h6-9,14-15,23,28H,3-5,10-13H2,1-2H3/q+1. The van der Waals surface area contributed by atoms with Crippen molar-refractivity contribution in [3.63, 3.8) is 0 Å². The molecule has 31 heavy (non-hydrogen) atoms. The van der Waals surface area contributed by atoms with Crippen LogP contribution >= 0.6 is 23.4 Å². The molecular weight excluding hydrogens is 436 g/mol. The van der Waals surface area contributed by atoms with Gasteiger partial charge < -0.3 is 9.47 Å². The molecule has 1 atom stereocenters. The van der Waals surface area contributed by atoms with E-state index >= 15 is 0 Å². The summed E-state index contributed by atoms with van der Waals surface area (Å²) < 4.78 is 11.7. The second-order valence-electron chi connectivity index (χ2n) is 8.05. The molecule has 1 fully saturated rings. The van der Waals surface area contributed by atoms with E-state index in [-0.39, 0.29) is 15.9 Å². The Morgan fingerprint density at radius 2 is 2.03 bits per heavy atom. The van der Waals surface area contributed by atoms with E-state index in [0.29, 0.717) is 23.9 Å². The largest absolute Gasteiger partial charge is 0.497 e. The number of amides is 1. The van der Waals surface area contributed by atoms with E-state index in [9.17, 15) is 10.0 Å². The normalized spacial score (nSPS) is 19.4. The van der Waals surface area contributed by atoms with Crippen LogP contribution < -0.4 is 14.4 Å². The van der Waals surface area contributed by atoms with Crippen LogP contribution in [0, 0.1) is 0 Å². The number of quaternary nitrogens is 1. The third-order valence-electron chi connectivity index (χ3n) is 5.85. The van der Waals surface area contributed by atoms with Crippen molar-refractivity contribution in [3.8, 4) is 11.5 Å². The van der Waals surface area contributed by atoms with Gasteiger partial charge in [0.15, 0.2) is 0 Å². The van der Waals surface area contributed by atoms with Gasteiger partial charge in [0.05, 0.1) is 19.4 Å². The summed E-state index contributed by atoms with van der Waals surface area (Å²) in [5, 5.41) is 10.9. The van der Waals surface area contributed by atoms with Crippen LogP contribution in [0.4, 0.5) is 5.69 Å². The van der Waals surface area contributed by atoms with E-state index in [1.54, 1.807) is 36.8 Å². The maximum Gasteiger partial charge on any atom is 0.225 e. The third kappa shape index (κ3) is 4.80. The van der Waals surface area contributed by atoms with Crippen molar-refractivity contribution in [2.75, 3.05) is 38.3 Å². The van der Waals surface area contributed by atoms with Crippen LogP contribution in [0.2, 0.25) is 5.02 Å². The van der Waals surface area contributed by atoms with E-state index in [0.717, 1.165) is 54.2 Å². The molecule has 2 aliphatic rings. The Morgan fingerprint density at radius 3 is 2.74 bits per heavy atom. The molecule has 1 amide bonds. The minimum absolute atomic E-state index is 0.0481. The lowest BCUT2D eigenvalue weighted by atomic mass is 10.1. The van der Waals surface area contributed by atoms with Gasteiger partial charge in [-0.1, -0.05) is 23.4 Å². The number of hydrogen-bond donors (Lipinski definition) is 1. The van der Waals surface area contributed by atoms with Crippen LogP contribution in [0.15, 0.2) is 41.3 Å². The average Bonchev–Trinajstić information content (AvgIpc) is 3.34. The SMILES string of the molecule is COc1ccc(OCCC[N+]2(O)CCCC2)c(C2Sc3cc(Cl)ccc3N2C(C)=O)c1. The Labute approximate surface area is 192 Å². The Bertz CT molecular complexity index is 965. The van der Waals surface area contributed by atoms with Crippen molar-refractivity contribution >= 4 is 35.0 Å². The summed E-state index contributed by atoms with van der Waals surface area (Å²) in [6.45, 7) is 4.39. The first-order valence-corrected chi connectivity index (χ1v) is 11.8. The summed E-state index contributed by atoms with van der Waals surface area (Å²) in [6, 6.07) is 11.2. The molecule has 2 heterocycles. The van der Waals surface area contributed by atoms with Crippen LogP contribution in [0.5, 0.6) is 11.5 Å². The molecule has 0 aromatic heterocycles. The number of ether oxygens (including phenoxy) is 2. The molecule has 8 heteroatoms. The molecule has 0 saturated carbocycles. The number of hydrogen-bond acceptors (Lipinski definition) is 5. The number of rotatable bonds is 7. The van der Waals surface area contributed by atoms with E-state index in [2.05, 4.69) is 0 Å². The zero-order valence-electron chi connectivity index (χ0n) is 17.8. The smallest absolute Gasteiger partial charge is 0.225 e. The first-order valence-electron chi connectivity index (χ1n) is 10.6. The van der Waals surface area contributed by atoms with Gasteiger partial charge in [-0.05, 0) is 36.4 Å². The van der Waals surface area contributed by atoms with Gasteiger partial charge in [0.25, 0.3) is 0 Å². The minimum atomic E-state index is -0.272. The molecule has 0 radical (unpaired) electrons. The lowest BCUT2D eigenvalue weighted by Gasteiger charge is -2.26. The van der Waals surface area contributed by atoms with E-state index in [1.807, 2.05) is 30.3 Å². The number of fused-ring (bicyclic) bond motifs is 1. The number of nitrogens with zero attached hydrogens (tertiary/aromatic N) is 2. The third-order valence-corrected chi connectivity index (χ3v) is 7.36. The monoisotopic (exact) mass is 463 g/mol. The van der Waals surface area contributed by atoms with Crippen LogP contribution in [0.1, 0.15) is 37.1 Å². The fraction of sp³-hybridized carbons (Fsp3) is 0.435. The van der Waals surface area contributed by atoms with Crippen LogP contribution in [-0.4, -0.2) is 49.1 Å². The van der Waals surface area contributed by atoms with E-state index in [1.165, 1.54) is 0 Å². The molecule has 2 aromatic carbocycles. The zero-order chi connectivity index (χ0) is 22.0. The van der Waals surface area contributed by atoms with Gasteiger partial charge in [-0.25, -0.2) is 5.21 Å². The maximum absolute atomic E-state index is 12.6. The molecule has 1 N–H and O–H groups in total. The van der Waals surface area contributed by atoms with Crippen molar-refractivity contribution in [3.05, 3.63) is 47.0 Å². The quantitative estimate of drug-likeness (QED) is 0.447. The Kier molecular flexibility index (Phi) is 6.67. The molecular formula is C23H28ClN2O4S+. The number of carbonyl (C=O) groups is 1. The van der Waals surface area contributed by atoms with Gasteiger partial charge in [-0.3, -0.25) is 9.69 Å². The van der Waals surface area contributed by atoms with Gasteiger partial charge in [-0.15, -0.1) is 0 Å². The molecule has 166 valence electrons. The number of hydroxylamine groups is 3. The predicted molar refractivity (Wildman–Crippen MR) is 122 cm³/mol. The highest BCUT2D eigenvalue weighted by Gasteiger charge is 2.36. The van der Waals surface area contributed by atoms with Crippen molar-refractivity contribution in [1.82, 2.24) is 0 Å². The van der Waals surface area contributed by atoms with E-state index < -0.39 is 0 Å². The number of likely N-dealkylation sites (tertiary alicyclic amines) is 1. The number of methoxy groups -OCH3 is 1. The molecule has 2 aliphatic heterocycles. The van der Waals surface area contributed by atoms with Crippen molar-refractivity contribution in [2.45, 2.75) is 36.5 Å². The number of carbonyl (C=O) groups excluding carboxylic acids is 1. The molecule has 1 saturated heterocycles. The Morgan fingerprint density at radius 1 is 1.26 bits per heavy atom. The predicted octanol–water partition coefficient (Wildman–Crippen LogP) is 5.27. The maximum atomic E-state index is 12.6.